The summed E-state index contributed by atoms with van der Waals surface area (Å²) in [5, 5.41) is 0. The third-order valence-corrected chi connectivity index (χ3v) is 3.86. The molecule has 1 aromatic carbocycles. The van der Waals surface area contributed by atoms with Crippen LogP contribution in [0.25, 0.3) is 0 Å². The third kappa shape index (κ3) is 3.90. The number of rotatable bonds is 6. The van der Waals surface area contributed by atoms with Crippen LogP contribution in [0.2, 0.25) is 0 Å². The van der Waals surface area contributed by atoms with E-state index >= 15 is 0 Å². The van der Waals surface area contributed by atoms with Crippen molar-refractivity contribution in [1.29, 1.82) is 0 Å². The summed E-state index contributed by atoms with van der Waals surface area (Å²) in [5.41, 5.74) is 0.986. The van der Waals surface area contributed by atoms with E-state index in [1.54, 1.807) is 0 Å². The number of carbonyl (C=O) groups is 2. The van der Waals surface area contributed by atoms with Gasteiger partial charge in [-0.3, -0.25) is 9.69 Å². The minimum Gasteiger partial charge on any atom is -0.460 e. The average molecular weight is 275 g/mol. The number of likely N-dealkylation sites (tertiary alicyclic amines) is 1. The van der Waals surface area contributed by atoms with Crippen molar-refractivity contribution in [3.8, 4) is 0 Å². The molecular formula is C16H21NO3. The molecule has 2 atom stereocenters. The molecule has 0 saturated carbocycles. The van der Waals surface area contributed by atoms with Crippen molar-refractivity contribution >= 4 is 12.3 Å². The molecule has 1 saturated heterocycles. The van der Waals surface area contributed by atoms with E-state index in [0.29, 0.717) is 19.1 Å². The van der Waals surface area contributed by atoms with Gasteiger partial charge in [-0.2, -0.15) is 0 Å². The topological polar surface area (TPSA) is 46.6 Å². The Bertz CT molecular complexity index is 446. The molecule has 1 unspecified atom stereocenters. The highest BCUT2D eigenvalue weighted by molar-refractivity contribution is 5.72. The van der Waals surface area contributed by atoms with E-state index in [9.17, 15) is 9.59 Å². The van der Waals surface area contributed by atoms with Gasteiger partial charge in [0.05, 0.1) is 6.54 Å². The lowest BCUT2D eigenvalue weighted by Crippen LogP contribution is -2.29. The minimum atomic E-state index is -0.227. The van der Waals surface area contributed by atoms with Gasteiger partial charge in [0.1, 0.15) is 12.9 Å². The zero-order chi connectivity index (χ0) is 14.4. The third-order valence-electron chi connectivity index (χ3n) is 3.86. The first-order chi connectivity index (χ1) is 9.72. The van der Waals surface area contributed by atoms with Crippen molar-refractivity contribution in [1.82, 2.24) is 4.90 Å². The van der Waals surface area contributed by atoms with Crippen LogP contribution in [0, 0.1) is 11.8 Å². The van der Waals surface area contributed by atoms with Gasteiger partial charge in [0.25, 0.3) is 0 Å². The van der Waals surface area contributed by atoms with E-state index in [1.165, 1.54) is 0 Å². The summed E-state index contributed by atoms with van der Waals surface area (Å²) in [4.78, 5) is 24.8. The SMILES string of the molecule is CCC1CN(CC(=O)OCc2ccccc2)C[C@@H]1C=O. The zero-order valence-electron chi connectivity index (χ0n) is 11.8. The van der Waals surface area contributed by atoms with Gasteiger partial charge in [-0.15, -0.1) is 0 Å². The fourth-order valence-electron chi connectivity index (χ4n) is 2.67. The van der Waals surface area contributed by atoms with E-state index in [0.717, 1.165) is 24.8 Å². The molecular weight excluding hydrogens is 254 g/mol. The standard InChI is InChI=1S/C16H21NO3/c1-2-14-8-17(9-15(14)11-18)10-16(19)20-12-13-6-4-3-5-7-13/h3-7,11,14-15H,2,8-10,12H2,1H3/t14?,15-/m1/s1. The maximum absolute atomic E-state index is 11.8. The summed E-state index contributed by atoms with van der Waals surface area (Å²) in [6, 6.07) is 9.63. The first kappa shape index (κ1) is 14.7. The number of carbonyl (C=O) groups excluding carboxylic acids is 2. The van der Waals surface area contributed by atoms with Crippen LogP contribution in [0.5, 0.6) is 0 Å². The molecule has 1 aliphatic heterocycles. The zero-order valence-corrected chi connectivity index (χ0v) is 11.8. The molecule has 0 amide bonds. The summed E-state index contributed by atoms with van der Waals surface area (Å²) in [5.74, 6) is 0.201. The second-order valence-corrected chi connectivity index (χ2v) is 5.31. The number of ether oxygens (including phenoxy) is 1. The minimum absolute atomic E-state index is 0.0573. The second kappa shape index (κ2) is 7.20. The lowest BCUT2D eigenvalue weighted by Gasteiger charge is -2.14. The van der Waals surface area contributed by atoms with Gasteiger partial charge < -0.3 is 9.53 Å². The molecule has 108 valence electrons. The first-order valence-corrected chi connectivity index (χ1v) is 7.10. The molecule has 1 aliphatic rings. The molecule has 1 aromatic rings. The Morgan fingerprint density at radius 3 is 2.70 bits per heavy atom. The lowest BCUT2D eigenvalue weighted by molar-refractivity contribution is -0.146. The summed E-state index contributed by atoms with van der Waals surface area (Å²) in [6.07, 6.45) is 1.99. The van der Waals surface area contributed by atoms with Crippen LogP contribution >= 0.6 is 0 Å². The Kier molecular flexibility index (Phi) is 5.30. The highest BCUT2D eigenvalue weighted by atomic mass is 16.5. The predicted molar refractivity (Wildman–Crippen MR) is 76.0 cm³/mol. The Labute approximate surface area is 119 Å². The van der Waals surface area contributed by atoms with Gasteiger partial charge in [-0.05, 0) is 11.5 Å². The molecule has 2 rings (SSSR count). The quantitative estimate of drug-likeness (QED) is 0.587. The Morgan fingerprint density at radius 1 is 1.35 bits per heavy atom. The molecule has 20 heavy (non-hydrogen) atoms. The van der Waals surface area contributed by atoms with E-state index < -0.39 is 0 Å². The molecule has 4 nitrogen and oxygen atoms in total. The molecule has 0 spiro atoms. The lowest BCUT2D eigenvalue weighted by atomic mass is 9.95. The smallest absolute Gasteiger partial charge is 0.320 e. The number of benzene rings is 1. The predicted octanol–water partition coefficient (Wildman–Crippen LogP) is 1.89. The largest absolute Gasteiger partial charge is 0.460 e. The van der Waals surface area contributed by atoms with E-state index in [1.807, 2.05) is 35.2 Å². The maximum atomic E-state index is 11.8. The summed E-state index contributed by atoms with van der Waals surface area (Å²) < 4.78 is 5.26. The summed E-state index contributed by atoms with van der Waals surface area (Å²) in [6.45, 7) is 4.14. The van der Waals surface area contributed by atoms with Gasteiger partial charge in [-0.25, -0.2) is 0 Å². The molecule has 0 bridgehead atoms. The van der Waals surface area contributed by atoms with E-state index in [4.69, 9.17) is 4.74 Å². The molecule has 0 aromatic heterocycles. The molecule has 0 radical (unpaired) electrons. The fraction of sp³-hybridized carbons (Fsp3) is 0.500. The van der Waals surface area contributed by atoms with Crippen LogP contribution in [0.15, 0.2) is 30.3 Å². The highest BCUT2D eigenvalue weighted by Gasteiger charge is 2.32. The van der Waals surface area contributed by atoms with Gasteiger partial charge >= 0.3 is 5.97 Å². The maximum Gasteiger partial charge on any atom is 0.320 e. The number of hydrogen-bond donors (Lipinski definition) is 0. The monoisotopic (exact) mass is 275 g/mol. The van der Waals surface area contributed by atoms with Gasteiger partial charge in [-0.1, -0.05) is 43.7 Å². The van der Waals surface area contributed by atoms with Crippen LogP contribution < -0.4 is 0 Å². The van der Waals surface area contributed by atoms with Crippen LogP contribution in [0.4, 0.5) is 0 Å². The van der Waals surface area contributed by atoms with Gasteiger partial charge in [0.15, 0.2) is 0 Å². The summed E-state index contributed by atoms with van der Waals surface area (Å²) >= 11 is 0. The second-order valence-electron chi connectivity index (χ2n) is 5.31. The fourth-order valence-corrected chi connectivity index (χ4v) is 2.67. The van der Waals surface area contributed by atoms with Crippen LogP contribution in [0.3, 0.4) is 0 Å². The van der Waals surface area contributed by atoms with Crippen molar-refractivity contribution in [2.24, 2.45) is 11.8 Å². The summed E-state index contributed by atoms with van der Waals surface area (Å²) in [7, 11) is 0. The van der Waals surface area contributed by atoms with Gasteiger partial charge in [0, 0.05) is 19.0 Å². The molecule has 1 fully saturated rings. The normalized spacial score (nSPS) is 22.6. The number of nitrogens with zero attached hydrogens (tertiary/aromatic N) is 1. The van der Waals surface area contributed by atoms with Crippen LogP contribution in [-0.2, 0) is 20.9 Å². The highest BCUT2D eigenvalue weighted by Crippen LogP contribution is 2.24. The van der Waals surface area contributed by atoms with Crippen molar-refractivity contribution in [3.05, 3.63) is 35.9 Å². The Hall–Kier alpha value is -1.68. The average Bonchev–Trinajstić information content (AvgIpc) is 2.88. The number of esters is 1. The molecule has 0 N–H and O–H groups in total. The van der Waals surface area contributed by atoms with Gasteiger partial charge in [0.2, 0.25) is 0 Å². The van der Waals surface area contributed by atoms with Crippen molar-refractivity contribution in [3.63, 3.8) is 0 Å². The molecule has 1 heterocycles. The first-order valence-electron chi connectivity index (χ1n) is 7.10. The van der Waals surface area contributed by atoms with Crippen LogP contribution in [0.1, 0.15) is 18.9 Å². The van der Waals surface area contributed by atoms with Crippen molar-refractivity contribution < 1.29 is 14.3 Å². The Morgan fingerprint density at radius 2 is 2.10 bits per heavy atom. The molecule has 4 heteroatoms. The van der Waals surface area contributed by atoms with Crippen LogP contribution in [-0.4, -0.2) is 36.8 Å². The van der Waals surface area contributed by atoms with E-state index in [2.05, 4.69) is 6.92 Å². The number of aldehydes is 1. The van der Waals surface area contributed by atoms with Crippen molar-refractivity contribution in [2.45, 2.75) is 20.0 Å². The molecule has 0 aliphatic carbocycles. The van der Waals surface area contributed by atoms with Crippen molar-refractivity contribution in [2.75, 3.05) is 19.6 Å². The Balaban J connectivity index is 1.76. The number of hydrogen-bond acceptors (Lipinski definition) is 4. The van der Waals surface area contributed by atoms with E-state index in [-0.39, 0.29) is 18.4 Å².